The SMILES string of the molecule is N=C(N)c1nc2ccc(CS(=O)(=O)OC(=O)c3ccoc3)cc2s1. The van der Waals surface area contributed by atoms with Crippen LogP contribution in [0.3, 0.4) is 0 Å². The summed E-state index contributed by atoms with van der Waals surface area (Å²) in [5.74, 6) is -1.62. The van der Waals surface area contributed by atoms with Crippen molar-refractivity contribution < 1.29 is 21.8 Å². The van der Waals surface area contributed by atoms with E-state index in [1.54, 1.807) is 18.2 Å². The number of benzene rings is 1. The third-order valence-electron chi connectivity index (χ3n) is 2.99. The highest BCUT2D eigenvalue weighted by atomic mass is 32.2. The minimum atomic E-state index is -4.11. The van der Waals surface area contributed by atoms with Gasteiger partial charge in [0, 0.05) is 0 Å². The predicted octanol–water partition coefficient (Wildman–Crippen LogP) is 1.86. The maximum atomic E-state index is 12.0. The molecule has 24 heavy (non-hydrogen) atoms. The Morgan fingerprint density at radius 2 is 2.17 bits per heavy atom. The van der Waals surface area contributed by atoms with Crippen molar-refractivity contribution >= 4 is 43.5 Å². The van der Waals surface area contributed by atoms with Gasteiger partial charge in [-0.1, -0.05) is 6.07 Å². The monoisotopic (exact) mass is 365 g/mol. The molecule has 0 aliphatic rings. The van der Waals surface area contributed by atoms with Gasteiger partial charge in [0.25, 0.3) is 0 Å². The first kappa shape index (κ1) is 16.1. The zero-order valence-electron chi connectivity index (χ0n) is 12.1. The molecule has 3 aromatic rings. The molecule has 0 unspecified atom stereocenters. The molecule has 0 aliphatic carbocycles. The number of carbonyl (C=O) groups excluding carboxylic acids is 1. The second kappa shape index (κ2) is 6.06. The van der Waals surface area contributed by atoms with Crippen LogP contribution in [0.2, 0.25) is 0 Å². The maximum Gasteiger partial charge on any atom is 0.356 e. The van der Waals surface area contributed by atoms with Crippen molar-refractivity contribution in [2.75, 3.05) is 0 Å². The molecule has 0 amide bonds. The summed E-state index contributed by atoms with van der Waals surface area (Å²) in [4.78, 5) is 15.9. The molecule has 0 spiro atoms. The van der Waals surface area contributed by atoms with Gasteiger partial charge in [-0.25, -0.2) is 9.78 Å². The zero-order chi connectivity index (χ0) is 17.3. The van der Waals surface area contributed by atoms with E-state index in [2.05, 4.69) is 9.17 Å². The van der Waals surface area contributed by atoms with E-state index in [1.165, 1.54) is 23.7 Å². The van der Waals surface area contributed by atoms with Crippen molar-refractivity contribution in [1.29, 1.82) is 5.41 Å². The summed E-state index contributed by atoms with van der Waals surface area (Å²) in [6, 6.07) is 6.11. The third kappa shape index (κ3) is 3.44. The number of hydrogen-bond donors (Lipinski definition) is 2. The number of amidine groups is 1. The van der Waals surface area contributed by atoms with Crippen molar-refractivity contribution in [3.63, 3.8) is 0 Å². The van der Waals surface area contributed by atoms with Gasteiger partial charge in [-0.15, -0.1) is 11.3 Å². The van der Waals surface area contributed by atoms with E-state index >= 15 is 0 Å². The molecule has 3 rings (SSSR count). The second-order valence-electron chi connectivity index (χ2n) is 4.82. The van der Waals surface area contributed by atoms with Crippen LogP contribution in [0.1, 0.15) is 20.9 Å². The van der Waals surface area contributed by atoms with E-state index in [0.29, 0.717) is 20.8 Å². The summed E-state index contributed by atoms with van der Waals surface area (Å²) in [5, 5.41) is 7.73. The number of rotatable bonds is 5. The van der Waals surface area contributed by atoms with Crippen LogP contribution in [-0.4, -0.2) is 25.2 Å². The summed E-state index contributed by atoms with van der Waals surface area (Å²) < 4.78 is 34.0. The first-order valence-corrected chi connectivity index (χ1v) is 8.96. The van der Waals surface area contributed by atoms with Gasteiger partial charge in [-0.3, -0.25) is 5.41 Å². The summed E-state index contributed by atoms with van der Waals surface area (Å²) in [7, 11) is -4.11. The van der Waals surface area contributed by atoms with Gasteiger partial charge in [0.1, 0.15) is 12.0 Å². The van der Waals surface area contributed by atoms with E-state index in [0.717, 1.165) is 6.26 Å². The molecule has 2 aromatic heterocycles. The van der Waals surface area contributed by atoms with Gasteiger partial charge in [0.2, 0.25) is 0 Å². The van der Waals surface area contributed by atoms with Crippen molar-refractivity contribution in [3.8, 4) is 0 Å². The zero-order valence-corrected chi connectivity index (χ0v) is 13.7. The number of aromatic nitrogens is 1. The highest BCUT2D eigenvalue weighted by Gasteiger charge is 2.20. The number of carbonyl (C=O) groups is 1. The Labute approximate surface area is 140 Å². The van der Waals surface area contributed by atoms with Crippen LogP contribution in [0, 0.1) is 5.41 Å². The normalized spacial score (nSPS) is 11.5. The number of nitrogen functional groups attached to an aromatic ring is 1. The smallest absolute Gasteiger partial charge is 0.356 e. The number of nitrogens with zero attached hydrogens (tertiary/aromatic N) is 1. The fraction of sp³-hybridized carbons (Fsp3) is 0.0714. The molecule has 1 aromatic carbocycles. The van der Waals surface area contributed by atoms with E-state index in [4.69, 9.17) is 15.6 Å². The lowest BCUT2D eigenvalue weighted by atomic mass is 10.2. The van der Waals surface area contributed by atoms with Crippen LogP contribution in [0.15, 0.2) is 41.2 Å². The van der Waals surface area contributed by atoms with Crippen molar-refractivity contribution in [2.45, 2.75) is 5.75 Å². The number of thiazole rings is 1. The Kier molecular flexibility index (Phi) is 4.08. The lowest BCUT2D eigenvalue weighted by Gasteiger charge is -2.04. The number of fused-ring (bicyclic) bond motifs is 1. The van der Waals surface area contributed by atoms with E-state index in [9.17, 15) is 13.2 Å². The molecule has 0 bridgehead atoms. The number of nitrogens with two attached hydrogens (primary N) is 1. The van der Waals surface area contributed by atoms with Crippen LogP contribution in [0.25, 0.3) is 10.2 Å². The van der Waals surface area contributed by atoms with Crippen LogP contribution in [-0.2, 0) is 20.1 Å². The van der Waals surface area contributed by atoms with Gasteiger partial charge in [0.15, 0.2) is 10.8 Å². The molecular formula is C14H11N3O5S2. The highest BCUT2D eigenvalue weighted by Crippen LogP contribution is 2.24. The molecule has 8 nitrogen and oxygen atoms in total. The van der Waals surface area contributed by atoms with Crippen molar-refractivity contribution in [1.82, 2.24) is 4.98 Å². The van der Waals surface area contributed by atoms with Gasteiger partial charge >= 0.3 is 16.1 Å². The molecule has 0 saturated heterocycles. The van der Waals surface area contributed by atoms with E-state index in [1.807, 2.05) is 0 Å². The third-order valence-corrected chi connectivity index (χ3v) is 5.13. The molecule has 3 N–H and O–H groups in total. The number of nitrogens with one attached hydrogen (secondary N) is 1. The molecule has 0 aliphatic heterocycles. The lowest BCUT2D eigenvalue weighted by Crippen LogP contribution is -2.14. The molecule has 0 saturated carbocycles. The van der Waals surface area contributed by atoms with Gasteiger partial charge in [-0.2, -0.15) is 8.42 Å². The largest absolute Gasteiger partial charge is 0.472 e. The average molecular weight is 365 g/mol. The lowest BCUT2D eigenvalue weighted by molar-refractivity contribution is 0.0745. The quantitative estimate of drug-likeness (QED) is 0.400. The minimum Gasteiger partial charge on any atom is -0.472 e. The van der Waals surface area contributed by atoms with Crippen LogP contribution in [0.5, 0.6) is 0 Å². The summed E-state index contributed by atoms with van der Waals surface area (Å²) in [6.45, 7) is 0. The first-order valence-electron chi connectivity index (χ1n) is 6.56. The van der Waals surface area contributed by atoms with Crippen molar-refractivity contribution in [2.24, 2.45) is 5.73 Å². The first-order chi connectivity index (χ1) is 11.3. The van der Waals surface area contributed by atoms with Crippen LogP contribution >= 0.6 is 11.3 Å². The maximum absolute atomic E-state index is 12.0. The molecular weight excluding hydrogens is 354 g/mol. The fourth-order valence-electron chi connectivity index (χ4n) is 1.95. The summed E-state index contributed by atoms with van der Waals surface area (Å²) in [6.07, 6.45) is 2.35. The Hall–Kier alpha value is -2.72. The Bertz CT molecular complexity index is 1020. The molecule has 2 heterocycles. The summed E-state index contributed by atoms with van der Waals surface area (Å²) >= 11 is 1.18. The Balaban J connectivity index is 1.80. The molecule has 10 heteroatoms. The average Bonchev–Trinajstić information content (AvgIpc) is 3.15. The molecule has 124 valence electrons. The van der Waals surface area contributed by atoms with E-state index in [-0.39, 0.29) is 11.4 Å². The summed E-state index contributed by atoms with van der Waals surface area (Å²) in [5.41, 5.74) is 6.45. The van der Waals surface area contributed by atoms with Crippen LogP contribution < -0.4 is 5.73 Å². The Morgan fingerprint density at radius 1 is 1.38 bits per heavy atom. The predicted molar refractivity (Wildman–Crippen MR) is 87.4 cm³/mol. The Morgan fingerprint density at radius 3 is 2.83 bits per heavy atom. The van der Waals surface area contributed by atoms with Gasteiger partial charge in [0.05, 0.1) is 22.0 Å². The molecule has 0 fully saturated rings. The fourth-order valence-corrected chi connectivity index (χ4v) is 3.82. The molecule has 0 atom stereocenters. The van der Waals surface area contributed by atoms with E-state index < -0.39 is 21.8 Å². The topological polar surface area (TPSA) is 136 Å². The van der Waals surface area contributed by atoms with Gasteiger partial charge < -0.3 is 14.3 Å². The highest BCUT2D eigenvalue weighted by molar-refractivity contribution is 7.86. The standard InChI is InChI=1S/C14H11N3O5S2/c15-12(16)13-17-10-2-1-8(5-11(10)23-13)7-24(19,20)22-14(18)9-3-4-21-6-9/h1-6H,7H2,(H3,15,16). The number of hydrogen-bond acceptors (Lipinski definition) is 8. The second-order valence-corrected chi connectivity index (χ2v) is 7.42. The van der Waals surface area contributed by atoms with Gasteiger partial charge in [-0.05, 0) is 23.8 Å². The molecule has 0 radical (unpaired) electrons. The van der Waals surface area contributed by atoms with Crippen molar-refractivity contribution in [3.05, 3.63) is 52.9 Å². The number of furan rings is 1. The minimum absolute atomic E-state index is 0.0163. The van der Waals surface area contributed by atoms with Crippen LogP contribution in [0.4, 0.5) is 0 Å².